The first-order chi connectivity index (χ1) is 21.3. The smallest absolute Gasteiger partial charge is 0.270 e. The molecule has 3 N–H and O–H groups in total. The molecule has 246 valence electrons. The zero-order chi connectivity index (χ0) is 30.5. The molecular formula is C33H39Cl3N6O4. The molecule has 7 rings (SSSR count). The van der Waals surface area contributed by atoms with E-state index in [1.807, 2.05) is 30.0 Å². The fourth-order valence-electron chi connectivity index (χ4n) is 7.26. The van der Waals surface area contributed by atoms with Crippen LogP contribution in [0.3, 0.4) is 0 Å². The number of halogens is 3. The second kappa shape index (κ2) is 13.9. The second-order valence-electron chi connectivity index (χ2n) is 12.5. The summed E-state index contributed by atoms with van der Waals surface area (Å²) in [4.78, 5) is 60.0. The Hall–Kier alpha value is -3.15. The highest BCUT2D eigenvalue weighted by Crippen LogP contribution is 2.35. The lowest BCUT2D eigenvalue weighted by atomic mass is 9.87. The fourth-order valence-corrected chi connectivity index (χ4v) is 7.49. The Balaban J connectivity index is 0.00000208. The summed E-state index contributed by atoms with van der Waals surface area (Å²) >= 11 is 6.68. The number of imide groups is 1. The number of fused-ring (bicyclic) bond motifs is 2. The molecule has 1 unspecified atom stereocenters. The molecule has 0 saturated carbocycles. The minimum atomic E-state index is -0.617. The molecule has 3 fully saturated rings. The first-order valence-electron chi connectivity index (χ1n) is 15.6. The normalized spacial score (nSPS) is 20.7. The molecular weight excluding hydrogens is 651 g/mol. The number of rotatable bonds is 5. The molecule has 46 heavy (non-hydrogen) atoms. The molecule has 1 aromatic heterocycles. The van der Waals surface area contributed by atoms with E-state index in [9.17, 15) is 19.2 Å². The lowest BCUT2D eigenvalue weighted by Crippen LogP contribution is -2.52. The molecule has 4 aliphatic heterocycles. The molecule has 3 saturated heterocycles. The van der Waals surface area contributed by atoms with Gasteiger partial charge >= 0.3 is 0 Å². The topological polar surface area (TPSA) is 118 Å². The van der Waals surface area contributed by atoms with Crippen LogP contribution in [-0.2, 0) is 22.7 Å². The minimum Gasteiger partial charge on any atom is -0.350 e. The molecule has 3 aromatic rings. The van der Waals surface area contributed by atoms with Crippen molar-refractivity contribution in [2.75, 3.05) is 39.3 Å². The number of likely N-dealkylation sites (tertiary alicyclic amines) is 1. The third-order valence-electron chi connectivity index (χ3n) is 9.84. The summed E-state index contributed by atoms with van der Waals surface area (Å²) < 4.78 is 0. The number of nitrogens with one attached hydrogen (secondary N) is 3. The Morgan fingerprint density at radius 1 is 0.978 bits per heavy atom. The van der Waals surface area contributed by atoms with Crippen LogP contribution < -0.4 is 10.6 Å². The number of H-pyrrole nitrogens is 1. The molecule has 0 spiro atoms. The maximum Gasteiger partial charge on any atom is 0.270 e. The zero-order valence-corrected chi connectivity index (χ0v) is 28.1. The van der Waals surface area contributed by atoms with Crippen molar-refractivity contribution in [3.8, 4) is 0 Å². The van der Waals surface area contributed by atoms with Gasteiger partial charge in [-0.1, -0.05) is 23.7 Å². The Morgan fingerprint density at radius 2 is 1.72 bits per heavy atom. The van der Waals surface area contributed by atoms with Gasteiger partial charge in [0.05, 0.1) is 0 Å². The van der Waals surface area contributed by atoms with E-state index < -0.39 is 11.9 Å². The van der Waals surface area contributed by atoms with Crippen molar-refractivity contribution in [3.05, 3.63) is 68.9 Å². The number of piperazine rings is 1. The molecule has 0 bridgehead atoms. The molecule has 10 nitrogen and oxygen atoms in total. The number of aromatic nitrogens is 1. The van der Waals surface area contributed by atoms with Crippen LogP contribution in [0.1, 0.15) is 74.7 Å². The lowest BCUT2D eigenvalue weighted by molar-refractivity contribution is -0.136. The molecule has 4 aliphatic rings. The average molecular weight is 690 g/mol. The molecule has 2 aromatic carbocycles. The predicted octanol–water partition coefficient (Wildman–Crippen LogP) is 4.16. The van der Waals surface area contributed by atoms with E-state index in [-0.39, 0.29) is 54.9 Å². The number of hydrogen-bond donors (Lipinski definition) is 3. The first kappa shape index (κ1) is 34.2. The summed E-state index contributed by atoms with van der Waals surface area (Å²) in [6, 6.07) is 9.43. The van der Waals surface area contributed by atoms with Crippen molar-refractivity contribution < 1.29 is 19.2 Å². The van der Waals surface area contributed by atoms with E-state index in [2.05, 4.69) is 32.7 Å². The number of amides is 4. The van der Waals surface area contributed by atoms with Gasteiger partial charge in [0, 0.05) is 80.3 Å². The molecule has 5 heterocycles. The van der Waals surface area contributed by atoms with Crippen LogP contribution in [0.2, 0.25) is 5.02 Å². The van der Waals surface area contributed by atoms with Crippen molar-refractivity contribution in [1.82, 2.24) is 30.3 Å². The first-order valence-corrected chi connectivity index (χ1v) is 15.9. The highest BCUT2D eigenvalue weighted by atomic mass is 35.5. The SMILES string of the molecule is Cc1c(C(=O)N2CCC(c3ccc4c(c3)CN(C3CCC(=O)NC3=O)C4=O)CC2)[nH]c2cc(Cl)c(CN3CCNCC3)cc12.Cl.Cl. The molecule has 0 aliphatic carbocycles. The van der Waals surface area contributed by atoms with Gasteiger partial charge < -0.3 is 20.1 Å². The van der Waals surface area contributed by atoms with Gasteiger partial charge in [-0.3, -0.25) is 29.4 Å². The van der Waals surface area contributed by atoms with Crippen molar-refractivity contribution in [2.45, 2.75) is 57.7 Å². The molecule has 13 heteroatoms. The van der Waals surface area contributed by atoms with E-state index >= 15 is 0 Å². The Kier molecular flexibility index (Phi) is 10.3. The van der Waals surface area contributed by atoms with Gasteiger partial charge in [-0.2, -0.15) is 0 Å². The van der Waals surface area contributed by atoms with Crippen molar-refractivity contribution >= 4 is 70.9 Å². The highest BCUT2D eigenvalue weighted by Gasteiger charge is 2.39. The quantitative estimate of drug-likeness (QED) is 0.347. The Labute approximate surface area is 285 Å². The summed E-state index contributed by atoms with van der Waals surface area (Å²) in [5.41, 5.74) is 6.24. The standard InChI is InChI=1S/C33H37ClN6O4.2ClH/c1-19-25-15-23(17-38-12-8-35-9-13-38)26(34)16-27(25)36-30(19)33(44)39-10-6-20(7-11-39)21-2-3-24-22(14-21)18-40(32(24)43)28-4-5-29(41)37-31(28)42;;/h2-3,14-16,20,28,35-36H,4-13,17-18H2,1H3,(H,37,41,42);2*1H. The van der Waals surface area contributed by atoms with E-state index in [1.54, 1.807) is 4.90 Å². The summed E-state index contributed by atoms with van der Waals surface area (Å²) in [6.07, 6.45) is 2.25. The van der Waals surface area contributed by atoms with Gasteiger partial charge in [0.25, 0.3) is 11.8 Å². The molecule has 4 amide bonds. The van der Waals surface area contributed by atoms with Gasteiger partial charge in [0.15, 0.2) is 0 Å². The minimum absolute atomic E-state index is 0. The number of carbonyl (C=O) groups excluding carboxylic acids is 4. The fraction of sp³-hybridized carbons (Fsp3) is 0.455. The number of aromatic amines is 1. The van der Waals surface area contributed by atoms with E-state index in [1.165, 1.54) is 0 Å². The van der Waals surface area contributed by atoms with Gasteiger partial charge in [0.1, 0.15) is 11.7 Å². The van der Waals surface area contributed by atoms with E-state index in [0.29, 0.717) is 42.3 Å². The maximum absolute atomic E-state index is 13.7. The van der Waals surface area contributed by atoms with Crippen molar-refractivity contribution in [3.63, 3.8) is 0 Å². The van der Waals surface area contributed by atoms with Crippen molar-refractivity contribution in [1.29, 1.82) is 0 Å². The number of aryl methyl sites for hydroxylation is 1. The maximum atomic E-state index is 13.7. The van der Waals surface area contributed by atoms with Crippen LogP contribution >= 0.6 is 36.4 Å². The van der Waals surface area contributed by atoms with Crippen LogP contribution in [0.25, 0.3) is 10.9 Å². The Bertz CT molecular complexity index is 1680. The largest absolute Gasteiger partial charge is 0.350 e. The van der Waals surface area contributed by atoms with Crippen molar-refractivity contribution in [2.24, 2.45) is 0 Å². The predicted molar refractivity (Wildman–Crippen MR) is 181 cm³/mol. The molecule has 0 radical (unpaired) electrons. The van der Waals surface area contributed by atoms with Crippen LogP contribution in [-0.4, -0.2) is 88.6 Å². The van der Waals surface area contributed by atoms with Gasteiger partial charge in [-0.15, -0.1) is 24.8 Å². The van der Waals surface area contributed by atoms with Gasteiger partial charge in [-0.25, -0.2) is 0 Å². The average Bonchev–Trinajstić information content (AvgIpc) is 3.52. The highest BCUT2D eigenvalue weighted by molar-refractivity contribution is 6.32. The number of hydrogen-bond acceptors (Lipinski definition) is 6. The number of carbonyl (C=O) groups is 4. The number of benzene rings is 2. The second-order valence-corrected chi connectivity index (χ2v) is 12.9. The number of piperidine rings is 2. The van der Waals surface area contributed by atoms with Crippen LogP contribution in [0, 0.1) is 6.92 Å². The summed E-state index contributed by atoms with van der Waals surface area (Å²) in [7, 11) is 0. The monoisotopic (exact) mass is 688 g/mol. The summed E-state index contributed by atoms with van der Waals surface area (Å²) in [6.45, 7) is 8.40. The third-order valence-corrected chi connectivity index (χ3v) is 10.2. The van der Waals surface area contributed by atoms with E-state index in [4.69, 9.17) is 11.6 Å². The lowest BCUT2D eigenvalue weighted by Gasteiger charge is -2.32. The summed E-state index contributed by atoms with van der Waals surface area (Å²) in [5.74, 6) is -0.561. The van der Waals surface area contributed by atoms with Gasteiger partial charge in [0.2, 0.25) is 11.8 Å². The van der Waals surface area contributed by atoms with Crippen LogP contribution in [0.15, 0.2) is 30.3 Å². The van der Waals surface area contributed by atoms with Crippen LogP contribution in [0.4, 0.5) is 0 Å². The van der Waals surface area contributed by atoms with Crippen LogP contribution in [0.5, 0.6) is 0 Å². The van der Waals surface area contributed by atoms with Gasteiger partial charge in [-0.05, 0) is 72.6 Å². The van der Waals surface area contributed by atoms with E-state index in [0.717, 1.165) is 78.7 Å². The third kappa shape index (κ3) is 6.38. The summed E-state index contributed by atoms with van der Waals surface area (Å²) in [5, 5.41) is 7.49. The Morgan fingerprint density at radius 3 is 2.43 bits per heavy atom. The number of nitrogens with zero attached hydrogens (tertiary/aromatic N) is 3. The zero-order valence-electron chi connectivity index (χ0n) is 25.7. The molecule has 1 atom stereocenters.